The summed E-state index contributed by atoms with van der Waals surface area (Å²) in [5, 5.41) is 0. The van der Waals surface area contributed by atoms with Crippen LogP contribution in [0.25, 0.3) is 0 Å². The first-order valence-electron chi connectivity index (χ1n) is 60.3. The predicted molar refractivity (Wildman–Crippen MR) is 590 cm³/mol. The molecule has 4 rings (SSSR count). The second-order valence-corrected chi connectivity index (χ2v) is 43.9. The molecule has 0 amide bonds. The Balaban J connectivity index is 0.000000859. The van der Waals surface area contributed by atoms with Gasteiger partial charge in [0.1, 0.15) is 0 Å². The molecule has 0 radical (unpaired) electrons. The second kappa shape index (κ2) is 90.1. The molecule has 0 fully saturated rings. The third-order valence-corrected chi connectivity index (χ3v) is 31.5. The lowest BCUT2D eigenvalue weighted by atomic mass is 9.72. The molecule has 0 unspecified atom stereocenters. The van der Waals surface area contributed by atoms with Crippen molar-refractivity contribution in [3.05, 3.63) is 91.7 Å². The van der Waals surface area contributed by atoms with Crippen molar-refractivity contribution >= 4 is 0 Å². The zero-order valence-electron chi connectivity index (χ0n) is 91.9. The summed E-state index contributed by atoms with van der Waals surface area (Å²) in [7, 11) is 0. The zero-order valence-corrected chi connectivity index (χ0v) is 91.9. The Bertz CT molecular complexity index is 2650. The van der Waals surface area contributed by atoms with Gasteiger partial charge in [0, 0.05) is 16.2 Å². The van der Waals surface area contributed by atoms with E-state index in [2.05, 4.69) is 148 Å². The molecule has 0 aromatic carbocycles. The molecule has 0 saturated carbocycles. The van der Waals surface area contributed by atoms with Crippen molar-refractivity contribution in [2.45, 2.75) is 708 Å². The number of hydrogen-bond donors (Lipinski definition) is 0. The SMILES string of the molecule is CCCCCCCCCCC1(CCCCCCCCCC)C=C(C)C(C)=C1CCCCCCCC.CCCCCCCCCCC1=C(C)C(C)=CC1(CCCCCCCC)CCCCCCCC.CCCCCCCCCCC1=C(CCCCCCCC)C=CC1(C)C.CCCCCCCCCCCC1=C(CCCCCCCCCC)C(CCCCCCCCC)=CC1. The number of unbranched alkanes of at least 4 members (excludes halogenated alkanes) is 69. The quantitative estimate of drug-likeness (QED) is 0.0533. The van der Waals surface area contributed by atoms with E-state index in [1.165, 1.54) is 591 Å². The number of rotatable bonds is 91. The molecule has 4 aliphatic rings. The molecule has 4 aliphatic carbocycles. The van der Waals surface area contributed by atoms with Gasteiger partial charge in [-0.25, -0.2) is 0 Å². The van der Waals surface area contributed by atoms with Gasteiger partial charge in [-0.05, 0) is 178 Å². The van der Waals surface area contributed by atoms with E-state index in [0.29, 0.717) is 16.2 Å². The average molecular weight is 1780 g/mol. The lowest BCUT2D eigenvalue weighted by Crippen LogP contribution is -2.20. The van der Waals surface area contributed by atoms with Crippen LogP contribution in [0.1, 0.15) is 708 Å². The molecule has 0 atom stereocenters. The van der Waals surface area contributed by atoms with Crippen molar-refractivity contribution in [1.29, 1.82) is 0 Å². The third kappa shape index (κ3) is 64.1. The minimum absolute atomic E-state index is 0.318. The molecular formula is C128H240. The van der Waals surface area contributed by atoms with Crippen LogP contribution in [0.2, 0.25) is 0 Å². The third-order valence-electron chi connectivity index (χ3n) is 31.5. The molecule has 0 nitrogen and oxygen atoms in total. The Morgan fingerprint density at radius 2 is 0.414 bits per heavy atom. The van der Waals surface area contributed by atoms with Crippen molar-refractivity contribution in [3.63, 3.8) is 0 Å². The highest BCUT2D eigenvalue weighted by atomic mass is 14.4. The minimum atomic E-state index is 0.318. The maximum absolute atomic E-state index is 2.75. The highest BCUT2D eigenvalue weighted by Crippen LogP contribution is 2.53. The van der Waals surface area contributed by atoms with E-state index < -0.39 is 0 Å². The fraction of sp³-hybridized carbons (Fsp3) is 0.875. The van der Waals surface area contributed by atoms with E-state index in [-0.39, 0.29) is 0 Å². The van der Waals surface area contributed by atoms with Gasteiger partial charge in [0.15, 0.2) is 0 Å². The fourth-order valence-electron chi connectivity index (χ4n) is 22.7. The van der Waals surface area contributed by atoms with Gasteiger partial charge in [0.25, 0.3) is 0 Å². The van der Waals surface area contributed by atoms with Gasteiger partial charge in [-0.3, -0.25) is 0 Å². The van der Waals surface area contributed by atoms with Crippen LogP contribution in [0.5, 0.6) is 0 Å². The first kappa shape index (κ1) is 124. The lowest BCUT2D eigenvalue weighted by Gasteiger charge is -2.33. The van der Waals surface area contributed by atoms with Gasteiger partial charge in [-0.2, -0.15) is 0 Å². The van der Waals surface area contributed by atoms with Crippen LogP contribution in [0.3, 0.4) is 0 Å². The molecule has 0 bridgehead atoms. The van der Waals surface area contributed by atoms with Crippen LogP contribution < -0.4 is 0 Å². The van der Waals surface area contributed by atoms with Crippen LogP contribution >= 0.6 is 0 Å². The molecule has 0 heterocycles. The molecule has 0 spiro atoms. The molecule has 0 aliphatic heterocycles. The average Bonchev–Trinajstić information content (AvgIpc) is 1.65. The van der Waals surface area contributed by atoms with Crippen molar-refractivity contribution in [2.75, 3.05) is 0 Å². The Morgan fingerprint density at radius 3 is 0.672 bits per heavy atom. The highest BCUT2D eigenvalue weighted by molar-refractivity contribution is 5.48. The van der Waals surface area contributed by atoms with Crippen LogP contribution in [0.15, 0.2) is 91.7 Å². The smallest absolute Gasteiger partial charge is 0.0102 e. The summed E-state index contributed by atoms with van der Waals surface area (Å²) in [5.74, 6) is 0. The van der Waals surface area contributed by atoms with E-state index in [4.69, 9.17) is 0 Å². The molecule has 128 heavy (non-hydrogen) atoms. The Hall–Kier alpha value is -2.08. The molecule has 0 aromatic heterocycles. The summed E-state index contributed by atoms with van der Waals surface area (Å²) in [6.45, 7) is 40.0. The molecule has 0 N–H and O–H groups in total. The lowest BCUT2D eigenvalue weighted by molar-refractivity contribution is 0.342. The summed E-state index contributed by atoms with van der Waals surface area (Å²) in [6.07, 6.45) is 144. The molecular weight excluding hydrogens is 1540 g/mol. The molecule has 0 saturated heterocycles. The van der Waals surface area contributed by atoms with E-state index in [1.807, 2.05) is 22.3 Å². The van der Waals surface area contributed by atoms with E-state index >= 15 is 0 Å². The first-order valence-corrected chi connectivity index (χ1v) is 60.3. The maximum Gasteiger partial charge on any atom is 0.0102 e. The van der Waals surface area contributed by atoms with Gasteiger partial charge in [0.05, 0.1) is 0 Å². The molecule has 0 heteroatoms. The van der Waals surface area contributed by atoms with Gasteiger partial charge in [-0.1, -0.05) is 623 Å². The van der Waals surface area contributed by atoms with E-state index in [0.717, 1.165) is 0 Å². The number of allylic oxidation sites excluding steroid dienone is 16. The summed E-state index contributed by atoms with van der Waals surface area (Å²) in [6, 6.07) is 0. The largest absolute Gasteiger partial charge is 0.0770 e. The predicted octanol–water partition coefficient (Wildman–Crippen LogP) is 47.7. The monoisotopic (exact) mass is 1780 g/mol. The second-order valence-electron chi connectivity index (χ2n) is 43.9. The Morgan fingerprint density at radius 1 is 0.211 bits per heavy atom. The fourth-order valence-corrected chi connectivity index (χ4v) is 22.7. The summed E-state index contributed by atoms with van der Waals surface area (Å²) in [4.78, 5) is 0. The van der Waals surface area contributed by atoms with Crippen molar-refractivity contribution in [1.82, 2.24) is 0 Å². The van der Waals surface area contributed by atoms with Gasteiger partial charge in [-0.15, -0.1) is 0 Å². The number of hydrogen-bond acceptors (Lipinski definition) is 0. The summed E-state index contributed by atoms with van der Waals surface area (Å²) in [5.41, 5.74) is 20.3. The van der Waals surface area contributed by atoms with Crippen LogP contribution in [0.4, 0.5) is 0 Å². The van der Waals surface area contributed by atoms with Gasteiger partial charge in [0.2, 0.25) is 0 Å². The first-order chi connectivity index (χ1) is 62.7. The zero-order chi connectivity index (χ0) is 93.4. The van der Waals surface area contributed by atoms with Crippen LogP contribution in [-0.4, -0.2) is 0 Å². The minimum Gasteiger partial charge on any atom is -0.0770 e. The van der Waals surface area contributed by atoms with Gasteiger partial charge < -0.3 is 0 Å². The van der Waals surface area contributed by atoms with Crippen molar-refractivity contribution in [3.8, 4) is 0 Å². The van der Waals surface area contributed by atoms with Crippen LogP contribution in [-0.2, 0) is 0 Å². The molecule has 752 valence electrons. The van der Waals surface area contributed by atoms with Crippen molar-refractivity contribution < 1.29 is 0 Å². The van der Waals surface area contributed by atoms with E-state index in [1.54, 1.807) is 39.0 Å². The van der Waals surface area contributed by atoms with Crippen molar-refractivity contribution in [2.24, 2.45) is 16.2 Å². The topological polar surface area (TPSA) is 0 Å². The standard InChI is InChI=1S/2C35H66.C33H62.C25H46/c1-6-9-12-15-18-20-23-26-29-35(30-27-24-21-19-16-13-10-7-2)31-32(4)33(5)34(35)28-25-22-17-14-11-8-3;1-4-7-10-13-16-18-20-23-26-29-34-32-31-33(28-25-22-19-15-12-9-6-3)35(34)30-27-24-21-17-14-11-8-5-2;1-6-9-12-15-18-19-20-23-26-32-31(5)30(4)29-33(32,27-24-21-16-13-10-7-2)28-25-22-17-14-11-8-3;1-5-7-9-11-13-14-16-18-20-24-23(21-22-25(24,3)4)19-17-15-12-10-8-6-2/h31H,6-30H2,1-5H3;31H,4-30,32H2,1-3H3;29H,6-28H2,1-5H3;21-22H,5-20H2,1-4H3. The molecule has 0 aromatic rings. The highest BCUT2D eigenvalue weighted by Gasteiger charge is 2.38. The summed E-state index contributed by atoms with van der Waals surface area (Å²) >= 11 is 0. The maximum atomic E-state index is 2.75. The van der Waals surface area contributed by atoms with Crippen LogP contribution in [0, 0.1) is 16.2 Å². The summed E-state index contributed by atoms with van der Waals surface area (Å²) < 4.78 is 0. The Labute approximate surface area is 811 Å². The Kier molecular flexibility index (Phi) is 87.2. The van der Waals surface area contributed by atoms with Gasteiger partial charge >= 0.3 is 0 Å². The normalized spacial score (nSPS) is 15.1. The van der Waals surface area contributed by atoms with E-state index in [9.17, 15) is 0 Å².